The van der Waals surface area contributed by atoms with Crippen molar-refractivity contribution in [1.82, 2.24) is 9.88 Å². The maximum atomic E-state index is 11.7. The van der Waals surface area contributed by atoms with Gasteiger partial charge in [-0.2, -0.15) is 0 Å². The standard InChI is InChI=1S/C19H25N3OS/c1-13-3-4-14(2)16(9-13)10-17(11-23)22-7-5-15(6-8-22)19-21-18(20)12-24-19/h3-4,9,11-12,15,17H,5-8,10,20H2,1-2H3. The van der Waals surface area contributed by atoms with Crippen molar-refractivity contribution in [1.29, 1.82) is 0 Å². The van der Waals surface area contributed by atoms with Gasteiger partial charge in [0, 0.05) is 11.3 Å². The van der Waals surface area contributed by atoms with Gasteiger partial charge >= 0.3 is 0 Å². The first-order valence-electron chi connectivity index (χ1n) is 8.53. The number of aromatic nitrogens is 1. The summed E-state index contributed by atoms with van der Waals surface area (Å²) in [6.45, 7) is 6.11. The molecule has 2 N–H and O–H groups in total. The van der Waals surface area contributed by atoms with Crippen LogP contribution in [0.5, 0.6) is 0 Å². The number of piperidine rings is 1. The first-order chi connectivity index (χ1) is 11.6. The summed E-state index contributed by atoms with van der Waals surface area (Å²) in [7, 11) is 0. The van der Waals surface area contributed by atoms with E-state index in [2.05, 4.69) is 41.9 Å². The fraction of sp³-hybridized carbons (Fsp3) is 0.474. The van der Waals surface area contributed by atoms with Crippen molar-refractivity contribution >= 4 is 23.4 Å². The van der Waals surface area contributed by atoms with Gasteiger partial charge in [0.2, 0.25) is 0 Å². The molecular formula is C19H25N3OS. The lowest BCUT2D eigenvalue weighted by Crippen LogP contribution is -2.43. The highest BCUT2D eigenvalue weighted by molar-refractivity contribution is 7.10. The molecule has 0 amide bonds. The third-order valence-electron chi connectivity index (χ3n) is 4.98. The minimum absolute atomic E-state index is 0.0344. The average Bonchev–Trinajstić information content (AvgIpc) is 3.02. The highest BCUT2D eigenvalue weighted by atomic mass is 32.1. The highest BCUT2D eigenvalue weighted by Gasteiger charge is 2.27. The van der Waals surface area contributed by atoms with Crippen LogP contribution >= 0.6 is 11.3 Å². The van der Waals surface area contributed by atoms with Crippen molar-refractivity contribution < 1.29 is 4.79 Å². The molecule has 2 heterocycles. The second-order valence-electron chi connectivity index (χ2n) is 6.76. The Hall–Kier alpha value is -1.72. The summed E-state index contributed by atoms with van der Waals surface area (Å²) >= 11 is 1.65. The number of carbonyl (C=O) groups excluding carboxylic acids is 1. The summed E-state index contributed by atoms with van der Waals surface area (Å²) < 4.78 is 0. The summed E-state index contributed by atoms with van der Waals surface area (Å²) in [5.41, 5.74) is 9.53. The van der Waals surface area contributed by atoms with Gasteiger partial charge in [-0.25, -0.2) is 4.98 Å². The van der Waals surface area contributed by atoms with Crippen molar-refractivity contribution in [3.8, 4) is 0 Å². The molecule has 5 heteroatoms. The summed E-state index contributed by atoms with van der Waals surface area (Å²) in [5.74, 6) is 1.11. The number of aldehydes is 1. The summed E-state index contributed by atoms with van der Waals surface area (Å²) in [6, 6.07) is 6.44. The van der Waals surface area contributed by atoms with Crippen LogP contribution in [0.15, 0.2) is 23.6 Å². The number of hydrogen-bond acceptors (Lipinski definition) is 5. The summed E-state index contributed by atoms with van der Waals surface area (Å²) in [6.07, 6.45) is 4.00. The molecule has 0 saturated carbocycles. The van der Waals surface area contributed by atoms with Crippen LogP contribution in [0.3, 0.4) is 0 Å². The summed E-state index contributed by atoms with van der Waals surface area (Å²) in [4.78, 5) is 18.4. The third kappa shape index (κ3) is 3.84. The molecule has 1 aliphatic heterocycles. The molecule has 0 radical (unpaired) electrons. The van der Waals surface area contributed by atoms with Gasteiger partial charge in [-0.1, -0.05) is 23.8 Å². The van der Waals surface area contributed by atoms with Crippen molar-refractivity contribution in [2.24, 2.45) is 0 Å². The predicted octanol–water partition coefficient (Wildman–Crippen LogP) is 3.33. The van der Waals surface area contributed by atoms with Gasteiger partial charge in [0.25, 0.3) is 0 Å². The van der Waals surface area contributed by atoms with E-state index in [0.717, 1.165) is 43.6 Å². The van der Waals surface area contributed by atoms with Crippen molar-refractivity contribution in [3.63, 3.8) is 0 Å². The predicted molar refractivity (Wildman–Crippen MR) is 99.5 cm³/mol. The van der Waals surface area contributed by atoms with Crippen molar-refractivity contribution in [2.75, 3.05) is 18.8 Å². The number of nitrogens with zero attached hydrogens (tertiary/aromatic N) is 2. The number of rotatable bonds is 5. The molecule has 0 aliphatic carbocycles. The van der Waals surface area contributed by atoms with E-state index < -0.39 is 0 Å². The first kappa shape index (κ1) is 17.1. The van der Waals surface area contributed by atoms with E-state index in [1.165, 1.54) is 16.7 Å². The largest absolute Gasteiger partial charge is 0.383 e. The number of carbonyl (C=O) groups is 1. The van der Waals surface area contributed by atoms with E-state index in [4.69, 9.17) is 5.73 Å². The maximum Gasteiger partial charge on any atom is 0.137 e. The van der Waals surface area contributed by atoms with E-state index in [1.807, 2.05) is 5.38 Å². The van der Waals surface area contributed by atoms with E-state index in [9.17, 15) is 4.79 Å². The number of benzene rings is 1. The van der Waals surface area contributed by atoms with Gasteiger partial charge in [0.05, 0.1) is 11.0 Å². The molecule has 1 atom stereocenters. The zero-order chi connectivity index (χ0) is 17.1. The van der Waals surface area contributed by atoms with Gasteiger partial charge in [-0.15, -0.1) is 11.3 Å². The number of aryl methyl sites for hydroxylation is 2. The van der Waals surface area contributed by atoms with Crippen LogP contribution in [0.4, 0.5) is 5.82 Å². The lowest BCUT2D eigenvalue weighted by Gasteiger charge is -2.35. The fourth-order valence-electron chi connectivity index (χ4n) is 3.48. The Kier molecular flexibility index (Phi) is 5.31. The molecule has 4 nitrogen and oxygen atoms in total. The van der Waals surface area contributed by atoms with Gasteiger partial charge < -0.3 is 10.5 Å². The Bertz CT molecular complexity index is 704. The molecule has 1 aliphatic rings. The zero-order valence-electron chi connectivity index (χ0n) is 14.4. The first-order valence-corrected chi connectivity index (χ1v) is 9.41. The van der Waals surface area contributed by atoms with Gasteiger partial charge in [0.15, 0.2) is 0 Å². The topological polar surface area (TPSA) is 59.2 Å². The second-order valence-corrected chi connectivity index (χ2v) is 7.65. The molecule has 1 unspecified atom stereocenters. The highest BCUT2D eigenvalue weighted by Crippen LogP contribution is 2.31. The van der Waals surface area contributed by atoms with Crippen LogP contribution < -0.4 is 5.73 Å². The Morgan fingerprint density at radius 3 is 2.75 bits per heavy atom. The van der Waals surface area contributed by atoms with E-state index >= 15 is 0 Å². The van der Waals surface area contributed by atoms with Gasteiger partial charge in [0.1, 0.15) is 12.1 Å². The number of likely N-dealkylation sites (tertiary alicyclic amines) is 1. The number of nitrogens with two attached hydrogens (primary N) is 1. The van der Waals surface area contributed by atoms with Gasteiger partial charge in [-0.3, -0.25) is 4.90 Å². The molecule has 1 saturated heterocycles. The molecule has 0 spiro atoms. The van der Waals surface area contributed by atoms with Crippen LogP contribution in [0, 0.1) is 13.8 Å². The minimum atomic E-state index is -0.0344. The smallest absolute Gasteiger partial charge is 0.137 e. The van der Waals surface area contributed by atoms with Crippen LogP contribution in [-0.2, 0) is 11.2 Å². The lowest BCUT2D eigenvalue weighted by atomic mass is 9.94. The van der Waals surface area contributed by atoms with E-state index in [0.29, 0.717) is 11.7 Å². The molecule has 0 bridgehead atoms. The molecule has 1 fully saturated rings. The number of nitrogen functional groups attached to an aromatic ring is 1. The van der Waals surface area contributed by atoms with Crippen molar-refractivity contribution in [3.05, 3.63) is 45.3 Å². The maximum absolute atomic E-state index is 11.7. The Morgan fingerprint density at radius 2 is 2.12 bits per heavy atom. The number of hydrogen-bond donors (Lipinski definition) is 1. The van der Waals surface area contributed by atoms with Crippen LogP contribution in [-0.4, -0.2) is 35.3 Å². The van der Waals surface area contributed by atoms with Crippen LogP contribution in [0.2, 0.25) is 0 Å². The second kappa shape index (κ2) is 7.45. The molecule has 128 valence electrons. The fourth-order valence-corrected chi connectivity index (χ4v) is 4.36. The SMILES string of the molecule is Cc1ccc(C)c(CC(C=O)N2CCC(c3nc(N)cs3)CC2)c1. The Labute approximate surface area is 147 Å². The monoisotopic (exact) mass is 343 g/mol. The molecule has 24 heavy (non-hydrogen) atoms. The molecule has 1 aromatic heterocycles. The number of anilines is 1. The molecule has 1 aromatic carbocycles. The van der Waals surface area contributed by atoms with E-state index in [-0.39, 0.29) is 6.04 Å². The van der Waals surface area contributed by atoms with Crippen LogP contribution in [0.1, 0.15) is 40.5 Å². The van der Waals surface area contributed by atoms with Gasteiger partial charge in [-0.05, 0) is 57.3 Å². The van der Waals surface area contributed by atoms with Crippen molar-refractivity contribution in [2.45, 2.75) is 45.1 Å². The lowest BCUT2D eigenvalue weighted by molar-refractivity contribution is -0.112. The van der Waals surface area contributed by atoms with Crippen LogP contribution in [0.25, 0.3) is 0 Å². The summed E-state index contributed by atoms with van der Waals surface area (Å²) in [5, 5.41) is 3.06. The minimum Gasteiger partial charge on any atom is -0.383 e. The Balaban J connectivity index is 1.63. The number of thiazole rings is 1. The zero-order valence-corrected chi connectivity index (χ0v) is 15.2. The molecular weight excluding hydrogens is 318 g/mol. The van der Waals surface area contributed by atoms with E-state index in [1.54, 1.807) is 11.3 Å². The average molecular weight is 343 g/mol. The third-order valence-corrected chi connectivity index (χ3v) is 6.00. The normalized spacial score (nSPS) is 17.8. The molecule has 3 rings (SSSR count). The Morgan fingerprint density at radius 1 is 1.38 bits per heavy atom. The quantitative estimate of drug-likeness (QED) is 0.846. The molecule has 2 aromatic rings.